The normalized spacial score (nSPS) is 18.0. The monoisotopic (exact) mass is 282 g/mol. The van der Waals surface area contributed by atoms with E-state index in [4.69, 9.17) is 4.42 Å². The third-order valence-electron chi connectivity index (χ3n) is 2.99. The van der Waals surface area contributed by atoms with Gasteiger partial charge in [0.1, 0.15) is 5.69 Å². The van der Waals surface area contributed by atoms with Crippen LogP contribution in [0.3, 0.4) is 0 Å². The second-order valence-electron chi connectivity index (χ2n) is 4.31. The minimum absolute atomic E-state index is 0. The van der Waals surface area contributed by atoms with E-state index < -0.39 is 0 Å². The summed E-state index contributed by atoms with van der Waals surface area (Å²) in [4.78, 5) is 11.9. The van der Waals surface area contributed by atoms with Crippen LogP contribution in [0.2, 0.25) is 0 Å². The molecule has 1 atom stereocenters. The van der Waals surface area contributed by atoms with Crippen LogP contribution in [0.25, 0.3) is 11.5 Å². The number of nitrogens with zero attached hydrogens (tertiary/aromatic N) is 1. The van der Waals surface area contributed by atoms with Gasteiger partial charge in [0, 0.05) is 18.7 Å². The number of carbonyl (C=O) groups excluding carboxylic acids is 1. The molecule has 3 heterocycles. The molecular weight excluding hydrogens is 268 g/mol. The van der Waals surface area contributed by atoms with Gasteiger partial charge in [0.25, 0.3) is 5.91 Å². The molecule has 102 valence electrons. The first-order chi connectivity index (χ1) is 8.83. The van der Waals surface area contributed by atoms with Gasteiger partial charge in [-0.05, 0) is 25.1 Å². The lowest BCUT2D eigenvalue weighted by Gasteiger charge is -2.08. The van der Waals surface area contributed by atoms with Crippen molar-refractivity contribution in [2.24, 2.45) is 0 Å². The van der Waals surface area contributed by atoms with Crippen LogP contribution in [0, 0.1) is 0 Å². The third-order valence-corrected chi connectivity index (χ3v) is 2.99. The topological polar surface area (TPSA) is 83.0 Å². The van der Waals surface area contributed by atoms with Crippen molar-refractivity contribution in [1.29, 1.82) is 0 Å². The molecule has 3 rings (SSSR count). The quantitative estimate of drug-likeness (QED) is 0.789. The molecule has 0 spiro atoms. The van der Waals surface area contributed by atoms with Crippen molar-refractivity contribution < 1.29 is 9.21 Å². The van der Waals surface area contributed by atoms with Gasteiger partial charge in [-0.1, -0.05) is 0 Å². The summed E-state index contributed by atoms with van der Waals surface area (Å²) in [5.41, 5.74) is 1.09. The molecule has 1 aliphatic rings. The SMILES string of the molecule is Cl.O=C(NC1CCNC1)c1cc(-c2ccco2)[nH]n1. The highest BCUT2D eigenvalue weighted by atomic mass is 35.5. The number of aromatic nitrogens is 2. The van der Waals surface area contributed by atoms with Gasteiger partial charge in [-0.25, -0.2) is 0 Å². The summed E-state index contributed by atoms with van der Waals surface area (Å²) in [5.74, 6) is 0.516. The Balaban J connectivity index is 0.00000133. The van der Waals surface area contributed by atoms with Gasteiger partial charge in [-0.2, -0.15) is 5.10 Å². The van der Waals surface area contributed by atoms with E-state index in [9.17, 15) is 4.79 Å². The molecule has 1 aliphatic heterocycles. The van der Waals surface area contributed by atoms with E-state index in [2.05, 4.69) is 20.8 Å². The molecule has 3 N–H and O–H groups in total. The Hall–Kier alpha value is -1.79. The van der Waals surface area contributed by atoms with Crippen molar-refractivity contribution in [2.45, 2.75) is 12.5 Å². The molecule has 6 nitrogen and oxygen atoms in total. The molecule has 1 unspecified atom stereocenters. The van der Waals surface area contributed by atoms with Gasteiger partial charge in [-0.3, -0.25) is 9.89 Å². The lowest BCUT2D eigenvalue weighted by Crippen LogP contribution is -2.36. The predicted octanol–water partition coefficient (Wildman–Crippen LogP) is 1.18. The Morgan fingerprint density at radius 1 is 1.53 bits per heavy atom. The van der Waals surface area contributed by atoms with Gasteiger partial charge < -0.3 is 15.1 Å². The summed E-state index contributed by atoms with van der Waals surface area (Å²) in [7, 11) is 0. The highest BCUT2D eigenvalue weighted by molar-refractivity contribution is 5.93. The average Bonchev–Trinajstić information content (AvgIpc) is 3.11. The number of amides is 1. The molecular formula is C12H15ClN4O2. The molecule has 1 saturated heterocycles. The Morgan fingerprint density at radius 2 is 2.42 bits per heavy atom. The number of hydrogen-bond acceptors (Lipinski definition) is 4. The largest absolute Gasteiger partial charge is 0.463 e. The second kappa shape index (κ2) is 5.90. The van der Waals surface area contributed by atoms with E-state index in [1.165, 1.54) is 0 Å². The van der Waals surface area contributed by atoms with Gasteiger partial charge in [-0.15, -0.1) is 12.4 Å². The van der Waals surface area contributed by atoms with Crippen molar-refractivity contribution in [3.63, 3.8) is 0 Å². The van der Waals surface area contributed by atoms with Gasteiger partial charge in [0.05, 0.1) is 6.26 Å². The van der Waals surface area contributed by atoms with Gasteiger partial charge >= 0.3 is 0 Å². The third kappa shape index (κ3) is 2.97. The summed E-state index contributed by atoms with van der Waals surface area (Å²) in [5, 5.41) is 12.9. The highest BCUT2D eigenvalue weighted by Gasteiger charge is 2.19. The van der Waals surface area contributed by atoms with Crippen molar-refractivity contribution in [3.05, 3.63) is 30.2 Å². The fraction of sp³-hybridized carbons (Fsp3) is 0.333. The van der Waals surface area contributed by atoms with Crippen LogP contribution in [0.4, 0.5) is 0 Å². The minimum Gasteiger partial charge on any atom is -0.463 e. The van der Waals surface area contributed by atoms with Crippen LogP contribution in [0.15, 0.2) is 28.9 Å². The van der Waals surface area contributed by atoms with Gasteiger partial charge in [0.2, 0.25) is 0 Å². The minimum atomic E-state index is -0.155. The first-order valence-corrected chi connectivity index (χ1v) is 5.94. The summed E-state index contributed by atoms with van der Waals surface area (Å²) in [6.45, 7) is 1.77. The maximum atomic E-state index is 11.9. The molecule has 0 bridgehead atoms. The summed E-state index contributed by atoms with van der Waals surface area (Å²) >= 11 is 0. The second-order valence-corrected chi connectivity index (χ2v) is 4.31. The number of nitrogens with one attached hydrogen (secondary N) is 3. The van der Waals surface area contributed by atoms with Gasteiger partial charge in [0.15, 0.2) is 11.5 Å². The maximum Gasteiger partial charge on any atom is 0.272 e. The molecule has 0 aliphatic carbocycles. The smallest absolute Gasteiger partial charge is 0.272 e. The fourth-order valence-corrected chi connectivity index (χ4v) is 2.03. The first kappa shape index (κ1) is 13.6. The van der Waals surface area contributed by atoms with Crippen molar-refractivity contribution in [2.75, 3.05) is 13.1 Å². The van der Waals surface area contributed by atoms with Crippen molar-refractivity contribution in [3.8, 4) is 11.5 Å². The number of hydrogen-bond donors (Lipinski definition) is 3. The average molecular weight is 283 g/mol. The van der Waals surface area contributed by atoms with E-state index >= 15 is 0 Å². The Labute approximate surface area is 116 Å². The first-order valence-electron chi connectivity index (χ1n) is 5.94. The number of carbonyl (C=O) groups is 1. The van der Waals surface area contributed by atoms with E-state index in [-0.39, 0.29) is 24.4 Å². The predicted molar refractivity (Wildman–Crippen MR) is 72.3 cm³/mol. The zero-order chi connectivity index (χ0) is 12.4. The lowest BCUT2D eigenvalue weighted by atomic mass is 10.2. The Kier molecular flexibility index (Phi) is 4.24. The molecule has 2 aromatic heterocycles. The zero-order valence-electron chi connectivity index (χ0n) is 10.2. The zero-order valence-corrected chi connectivity index (χ0v) is 11.0. The maximum absolute atomic E-state index is 11.9. The molecule has 1 fully saturated rings. The molecule has 1 amide bonds. The molecule has 7 heteroatoms. The summed E-state index contributed by atoms with van der Waals surface area (Å²) in [6, 6.07) is 5.49. The fourth-order valence-electron chi connectivity index (χ4n) is 2.03. The molecule has 2 aromatic rings. The van der Waals surface area contributed by atoms with Crippen LogP contribution in [0.1, 0.15) is 16.9 Å². The molecule has 19 heavy (non-hydrogen) atoms. The lowest BCUT2D eigenvalue weighted by molar-refractivity contribution is 0.0935. The van der Waals surface area contributed by atoms with Crippen molar-refractivity contribution >= 4 is 18.3 Å². The standard InChI is InChI=1S/C12H14N4O2.ClH/c17-12(14-8-3-4-13-7-8)10-6-9(15-16-10)11-2-1-5-18-11;/h1-2,5-6,8,13H,3-4,7H2,(H,14,17)(H,15,16);1H. The number of furan rings is 1. The van der Waals surface area contributed by atoms with Crippen LogP contribution < -0.4 is 10.6 Å². The van der Waals surface area contributed by atoms with Crippen LogP contribution in [0.5, 0.6) is 0 Å². The van der Waals surface area contributed by atoms with Crippen LogP contribution in [-0.2, 0) is 0 Å². The van der Waals surface area contributed by atoms with E-state index in [1.807, 2.05) is 6.07 Å². The highest BCUT2D eigenvalue weighted by Crippen LogP contribution is 2.17. The summed E-state index contributed by atoms with van der Waals surface area (Å²) < 4.78 is 5.23. The van der Waals surface area contributed by atoms with Crippen LogP contribution >= 0.6 is 12.4 Å². The Morgan fingerprint density at radius 3 is 3.11 bits per heavy atom. The molecule has 0 aromatic carbocycles. The molecule has 0 saturated carbocycles. The number of rotatable bonds is 3. The summed E-state index contributed by atoms with van der Waals surface area (Å²) in [6.07, 6.45) is 2.54. The van der Waals surface area contributed by atoms with E-state index in [1.54, 1.807) is 18.4 Å². The molecule has 0 radical (unpaired) electrons. The van der Waals surface area contributed by atoms with Crippen LogP contribution in [-0.4, -0.2) is 35.2 Å². The van der Waals surface area contributed by atoms with E-state index in [0.717, 1.165) is 19.5 Å². The number of aromatic amines is 1. The number of H-pyrrole nitrogens is 1. The van der Waals surface area contributed by atoms with Crippen molar-refractivity contribution in [1.82, 2.24) is 20.8 Å². The number of halogens is 1. The van der Waals surface area contributed by atoms with E-state index in [0.29, 0.717) is 17.1 Å². The Bertz CT molecular complexity index is 532.